The third-order valence-electron chi connectivity index (χ3n) is 6.21. The smallest absolute Gasteiger partial charge is 0.316 e. The van der Waals surface area contributed by atoms with Crippen LogP contribution in [-0.4, -0.2) is 42.3 Å². The minimum Gasteiger partial charge on any atom is -0.497 e. The van der Waals surface area contributed by atoms with E-state index in [2.05, 4.69) is 0 Å². The molecule has 1 fully saturated rings. The SMILES string of the molecule is COc1cccc(N2C[C@@H](C(=O)Oc3cccc(N4C(=O)c5cccc([N+](=O)[O-])c5C4=O)c3)CC2=O)c1. The second-order valence-electron chi connectivity index (χ2n) is 8.43. The molecule has 0 N–H and O–H groups in total. The fourth-order valence-corrected chi connectivity index (χ4v) is 4.43. The second kappa shape index (κ2) is 9.19. The molecule has 0 unspecified atom stereocenters. The van der Waals surface area contributed by atoms with Crippen LogP contribution in [0.5, 0.6) is 11.5 Å². The Morgan fingerprint density at radius 1 is 0.946 bits per heavy atom. The fraction of sp³-hybridized carbons (Fsp3) is 0.154. The molecule has 2 heterocycles. The number of nitrogens with zero attached hydrogens (tertiary/aromatic N) is 3. The molecule has 0 spiro atoms. The van der Waals surface area contributed by atoms with Crippen molar-refractivity contribution >= 4 is 40.8 Å². The third kappa shape index (κ3) is 4.16. The summed E-state index contributed by atoms with van der Waals surface area (Å²) in [5, 5.41) is 11.4. The monoisotopic (exact) mass is 501 g/mol. The first-order valence-electron chi connectivity index (χ1n) is 11.2. The number of amides is 3. The summed E-state index contributed by atoms with van der Waals surface area (Å²) in [7, 11) is 1.52. The van der Waals surface area contributed by atoms with Crippen LogP contribution in [-0.2, 0) is 9.59 Å². The van der Waals surface area contributed by atoms with E-state index in [4.69, 9.17) is 9.47 Å². The van der Waals surface area contributed by atoms with Gasteiger partial charge in [0.25, 0.3) is 17.5 Å². The van der Waals surface area contributed by atoms with Crippen LogP contribution in [0.15, 0.2) is 66.7 Å². The van der Waals surface area contributed by atoms with E-state index in [-0.39, 0.29) is 41.4 Å². The number of nitro benzene ring substituents is 1. The molecule has 3 aromatic rings. The Bertz CT molecular complexity index is 1480. The van der Waals surface area contributed by atoms with E-state index in [0.717, 1.165) is 11.0 Å². The highest BCUT2D eigenvalue weighted by Gasteiger charge is 2.42. The van der Waals surface area contributed by atoms with E-state index in [1.54, 1.807) is 24.3 Å². The molecule has 2 aliphatic heterocycles. The molecule has 1 atom stereocenters. The number of hydrogen-bond donors (Lipinski definition) is 0. The molecule has 186 valence electrons. The molecular weight excluding hydrogens is 482 g/mol. The Morgan fingerprint density at radius 3 is 2.35 bits per heavy atom. The Morgan fingerprint density at radius 2 is 1.62 bits per heavy atom. The third-order valence-corrected chi connectivity index (χ3v) is 6.21. The van der Waals surface area contributed by atoms with Crippen molar-refractivity contribution in [3.8, 4) is 11.5 Å². The van der Waals surface area contributed by atoms with E-state index in [9.17, 15) is 29.3 Å². The molecule has 11 heteroatoms. The normalized spacial score (nSPS) is 16.7. The summed E-state index contributed by atoms with van der Waals surface area (Å²) in [5.41, 5.74) is -0.147. The summed E-state index contributed by atoms with van der Waals surface area (Å²) in [6.07, 6.45) is -0.0438. The molecule has 37 heavy (non-hydrogen) atoms. The highest BCUT2D eigenvalue weighted by Crippen LogP contribution is 2.35. The van der Waals surface area contributed by atoms with E-state index in [1.165, 1.54) is 48.4 Å². The number of methoxy groups -OCH3 is 1. The van der Waals surface area contributed by atoms with Gasteiger partial charge in [-0.1, -0.05) is 18.2 Å². The van der Waals surface area contributed by atoms with Crippen LogP contribution in [0.1, 0.15) is 27.1 Å². The lowest BCUT2D eigenvalue weighted by molar-refractivity contribution is -0.385. The molecule has 1 saturated heterocycles. The Labute approximate surface area is 209 Å². The summed E-state index contributed by atoms with van der Waals surface area (Å²) in [6.45, 7) is 0.118. The van der Waals surface area contributed by atoms with Gasteiger partial charge in [-0.05, 0) is 30.3 Å². The topological polar surface area (TPSA) is 136 Å². The predicted octanol–water partition coefficient (Wildman–Crippen LogP) is 3.36. The van der Waals surface area contributed by atoms with Crippen molar-refractivity contribution in [2.45, 2.75) is 6.42 Å². The van der Waals surface area contributed by atoms with Crippen molar-refractivity contribution in [1.82, 2.24) is 0 Å². The number of nitro groups is 1. The molecule has 2 aliphatic rings. The van der Waals surface area contributed by atoms with Crippen molar-refractivity contribution in [1.29, 1.82) is 0 Å². The molecule has 5 rings (SSSR count). The molecular formula is C26H19N3O8. The van der Waals surface area contributed by atoms with Gasteiger partial charge in [-0.3, -0.25) is 29.3 Å². The highest BCUT2D eigenvalue weighted by atomic mass is 16.6. The maximum absolute atomic E-state index is 13.0. The molecule has 0 aliphatic carbocycles. The van der Waals surface area contributed by atoms with Gasteiger partial charge in [0.15, 0.2) is 0 Å². The number of imide groups is 1. The van der Waals surface area contributed by atoms with Gasteiger partial charge in [0.05, 0.1) is 29.2 Å². The minimum atomic E-state index is -0.842. The lowest BCUT2D eigenvalue weighted by Gasteiger charge is -2.17. The van der Waals surface area contributed by atoms with Crippen LogP contribution in [0.2, 0.25) is 0 Å². The summed E-state index contributed by atoms with van der Waals surface area (Å²) < 4.78 is 10.7. The molecule has 0 radical (unpaired) electrons. The fourth-order valence-electron chi connectivity index (χ4n) is 4.43. The number of ether oxygens (including phenoxy) is 2. The van der Waals surface area contributed by atoms with E-state index >= 15 is 0 Å². The molecule has 3 amide bonds. The Kier molecular flexibility index (Phi) is 5.88. The predicted molar refractivity (Wildman–Crippen MR) is 130 cm³/mol. The van der Waals surface area contributed by atoms with Gasteiger partial charge in [-0.25, -0.2) is 4.90 Å². The average molecular weight is 501 g/mol. The number of carbonyl (C=O) groups is 4. The number of hydrogen-bond acceptors (Lipinski definition) is 8. The number of carbonyl (C=O) groups excluding carboxylic acids is 4. The summed E-state index contributed by atoms with van der Waals surface area (Å²) in [6, 6.07) is 16.5. The number of esters is 1. The quantitative estimate of drug-likeness (QED) is 0.165. The Hall–Kier alpha value is -5.06. The van der Waals surface area contributed by atoms with E-state index in [1.807, 2.05) is 0 Å². The van der Waals surface area contributed by atoms with Crippen molar-refractivity contribution in [2.75, 3.05) is 23.5 Å². The van der Waals surface area contributed by atoms with E-state index < -0.39 is 34.3 Å². The van der Waals surface area contributed by atoms with Crippen molar-refractivity contribution in [3.05, 3.63) is 88.0 Å². The standard InChI is InChI=1S/C26H19N3O8/c1-36-18-7-2-5-16(12-18)27-14-15(11-22(27)30)26(33)37-19-8-3-6-17(13-19)28-24(31)20-9-4-10-21(29(34)35)23(20)25(28)32/h2-10,12-13,15H,11,14H2,1H3/t15-/m0/s1. The van der Waals surface area contributed by atoms with Gasteiger partial charge >= 0.3 is 5.97 Å². The van der Waals surface area contributed by atoms with Gasteiger partial charge in [0.2, 0.25) is 5.91 Å². The van der Waals surface area contributed by atoms with Crippen LogP contribution in [0.25, 0.3) is 0 Å². The van der Waals surface area contributed by atoms with Crippen molar-refractivity contribution in [3.63, 3.8) is 0 Å². The van der Waals surface area contributed by atoms with E-state index in [0.29, 0.717) is 11.4 Å². The zero-order valence-electron chi connectivity index (χ0n) is 19.5. The first-order valence-corrected chi connectivity index (χ1v) is 11.2. The summed E-state index contributed by atoms with van der Waals surface area (Å²) >= 11 is 0. The summed E-state index contributed by atoms with van der Waals surface area (Å²) in [5.74, 6) is -2.55. The maximum atomic E-state index is 13.0. The molecule has 0 aromatic heterocycles. The summed E-state index contributed by atoms with van der Waals surface area (Å²) in [4.78, 5) is 64.2. The Balaban J connectivity index is 1.33. The zero-order valence-corrected chi connectivity index (χ0v) is 19.5. The molecule has 3 aromatic carbocycles. The van der Waals surface area contributed by atoms with Crippen LogP contribution >= 0.6 is 0 Å². The van der Waals surface area contributed by atoms with Crippen LogP contribution in [0.4, 0.5) is 17.1 Å². The van der Waals surface area contributed by atoms with Gasteiger partial charge in [0.1, 0.15) is 17.1 Å². The molecule has 0 bridgehead atoms. The van der Waals surface area contributed by atoms with Crippen LogP contribution in [0, 0.1) is 16.0 Å². The number of fused-ring (bicyclic) bond motifs is 1. The first-order chi connectivity index (χ1) is 17.8. The van der Waals surface area contributed by atoms with Crippen molar-refractivity contribution < 1.29 is 33.6 Å². The van der Waals surface area contributed by atoms with Gasteiger partial charge in [-0.15, -0.1) is 0 Å². The maximum Gasteiger partial charge on any atom is 0.316 e. The largest absolute Gasteiger partial charge is 0.497 e. The van der Waals surface area contributed by atoms with Gasteiger partial charge in [0, 0.05) is 36.9 Å². The minimum absolute atomic E-state index is 0.0438. The number of rotatable bonds is 6. The highest BCUT2D eigenvalue weighted by molar-refractivity contribution is 6.35. The second-order valence-corrected chi connectivity index (χ2v) is 8.43. The number of anilines is 2. The van der Waals surface area contributed by atoms with Crippen LogP contribution in [0.3, 0.4) is 0 Å². The average Bonchev–Trinajstić information content (AvgIpc) is 3.41. The molecule has 0 saturated carbocycles. The molecule has 11 nitrogen and oxygen atoms in total. The lowest BCUT2D eigenvalue weighted by Crippen LogP contribution is -2.29. The van der Waals surface area contributed by atoms with Crippen molar-refractivity contribution in [2.24, 2.45) is 5.92 Å². The zero-order chi connectivity index (χ0) is 26.3. The van der Waals surface area contributed by atoms with Crippen LogP contribution < -0.4 is 19.3 Å². The first kappa shape index (κ1) is 23.7. The number of benzene rings is 3. The van der Waals surface area contributed by atoms with Gasteiger partial charge < -0.3 is 14.4 Å². The lowest BCUT2D eigenvalue weighted by atomic mass is 10.1. The van der Waals surface area contributed by atoms with Gasteiger partial charge in [-0.2, -0.15) is 0 Å².